The minimum Gasteiger partial charge on any atom is -0.388 e. The van der Waals surface area contributed by atoms with Crippen molar-refractivity contribution in [3.8, 4) is 0 Å². The minimum atomic E-state index is -1.38. The van der Waals surface area contributed by atoms with Crippen molar-refractivity contribution in [3.05, 3.63) is 75.5 Å². The number of amides is 2. The molecule has 0 radical (unpaired) electrons. The van der Waals surface area contributed by atoms with Crippen LogP contribution in [0.4, 0.5) is 4.39 Å². The van der Waals surface area contributed by atoms with Gasteiger partial charge in [0, 0.05) is 55.5 Å². The maximum absolute atomic E-state index is 14.8. The second-order valence-corrected chi connectivity index (χ2v) is 12.0. The van der Waals surface area contributed by atoms with E-state index in [1.165, 1.54) is 36.3 Å². The number of aliphatic hydroxyl groups is 2. The van der Waals surface area contributed by atoms with Crippen LogP contribution in [0.2, 0.25) is 10.0 Å². The summed E-state index contributed by atoms with van der Waals surface area (Å²) in [5, 5.41) is 22.3. The van der Waals surface area contributed by atoms with Gasteiger partial charge in [-0.1, -0.05) is 55.2 Å². The number of aliphatic hydroxyl groups excluding tert-OH is 2. The summed E-state index contributed by atoms with van der Waals surface area (Å²) in [7, 11) is 1.37. The SMILES string of the molecule is CO[C@@H]1CN(C(=O)c2ccccc2F)C[C@@H](CC(C)C)N(C(=O)/C=C/c2ccc(Cl)cc2Cl)CCCCOC[C@@H](O)[C@H]1O. The van der Waals surface area contributed by atoms with E-state index in [-0.39, 0.29) is 37.1 Å². The van der Waals surface area contributed by atoms with E-state index in [1.807, 2.05) is 13.8 Å². The van der Waals surface area contributed by atoms with E-state index < -0.39 is 36.1 Å². The van der Waals surface area contributed by atoms with Gasteiger partial charge in [0.15, 0.2) is 0 Å². The van der Waals surface area contributed by atoms with Gasteiger partial charge in [-0.25, -0.2) is 4.39 Å². The molecule has 0 aromatic heterocycles. The quantitative estimate of drug-likeness (QED) is 0.428. The van der Waals surface area contributed by atoms with E-state index in [0.29, 0.717) is 48.0 Å². The smallest absolute Gasteiger partial charge is 0.256 e. The monoisotopic (exact) mass is 638 g/mol. The zero-order chi connectivity index (χ0) is 31.5. The van der Waals surface area contributed by atoms with Crippen molar-refractivity contribution in [3.63, 3.8) is 0 Å². The molecule has 1 saturated heterocycles. The van der Waals surface area contributed by atoms with Crippen LogP contribution in [-0.4, -0.2) is 96.1 Å². The zero-order valence-electron chi connectivity index (χ0n) is 24.8. The van der Waals surface area contributed by atoms with Crippen molar-refractivity contribution >= 4 is 41.1 Å². The third kappa shape index (κ3) is 10.3. The maximum atomic E-state index is 14.8. The second kappa shape index (κ2) is 17.1. The van der Waals surface area contributed by atoms with Gasteiger partial charge in [-0.15, -0.1) is 0 Å². The van der Waals surface area contributed by atoms with E-state index in [2.05, 4.69) is 0 Å². The van der Waals surface area contributed by atoms with Crippen LogP contribution >= 0.6 is 23.2 Å². The number of ether oxygens (including phenoxy) is 2. The first-order valence-corrected chi connectivity index (χ1v) is 15.2. The number of nitrogens with zero attached hydrogens (tertiary/aromatic N) is 2. The van der Waals surface area contributed by atoms with Crippen LogP contribution in [0.5, 0.6) is 0 Å². The Morgan fingerprint density at radius 2 is 1.88 bits per heavy atom. The molecule has 1 aliphatic heterocycles. The molecule has 11 heteroatoms. The summed E-state index contributed by atoms with van der Waals surface area (Å²) >= 11 is 12.3. The summed E-state index contributed by atoms with van der Waals surface area (Å²) in [4.78, 5) is 30.7. The molecule has 1 heterocycles. The van der Waals surface area contributed by atoms with Gasteiger partial charge in [-0.05, 0) is 61.1 Å². The minimum absolute atomic E-state index is 0.0474. The number of carbonyl (C=O) groups excluding carboxylic acids is 2. The first-order valence-electron chi connectivity index (χ1n) is 14.5. The topological polar surface area (TPSA) is 99.5 Å². The molecular formula is C32H41Cl2FN2O6. The molecule has 1 aliphatic rings. The standard InChI is InChI=1S/C32H41Cl2FN2O6/c1-21(2)16-24-18-36(32(41)25-8-4-5-9-27(25)35)19-29(42-3)31(40)28(38)20-43-15-7-6-14-37(24)30(39)13-11-22-10-12-23(33)17-26(22)34/h4-5,8-13,17,21,24,28-29,31,38,40H,6-7,14-16,18-20H2,1-3H3/b13-11+/t24-,28-,29-,31-/m1/s1. The molecule has 0 unspecified atom stereocenters. The molecule has 1 fully saturated rings. The summed E-state index contributed by atoms with van der Waals surface area (Å²) in [5.74, 6) is -1.43. The molecule has 0 aliphatic carbocycles. The molecule has 2 N–H and O–H groups in total. The summed E-state index contributed by atoms with van der Waals surface area (Å²) in [6, 6.07) is 10.2. The maximum Gasteiger partial charge on any atom is 0.256 e. The number of rotatable bonds is 6. The highest BCUT2D eigenvalue weighted by molar-refractivity contribution is 6.35. The van der Waals surface area contributed by atoms with Gasteiger partial charge in [-0.3, -0.25) is 9.59 Å². The normalized spacial score (nSPS) is 23.0. The van der Waals surface area contributed by atoms with Gasteiger partial charge < -0.3 is 29.5 Å². The number of hydrogen-bond donors (Lipinski definition) is 2. The average molecular weight is 640 g/mol. The highest BCUT2D eigenvalue weighted by atomic mass is 35.5. The molecule has 43 heavy (non-hydrogen) atoms. The Bertz CT molecular complexity index is 1250. The molecule has 0 saturated carbocycles. The third-order valence-electron chi connectivity index (χ3n) is 7.36. The molecule has 0 bridgehead atoms. The number of carbonyl (C=O) groups is 2. The van der Waals surface area contributed by atoms with Crippen molar-refractivity contribution < 1.29 is 33.7 Å². The fourth-order valence-corrected chi connectivity index (χ4v) is 5.56. The van der Waals surface area contributed by atoms with Crippen molar-refractivity contribution in [1.82, 2.24) is 9.80 Å². The van der Waals surface area contributed by atoms with E-state index in [1.54, 1.807) is 35.2 Å². The molecule has 2 aromatic rings. The molecule has 0 spiro atoms. The van der Waals surface area contributed by atoms with E-state index >= 15 is 0 Å². The molecule has 4 atom stereocenters. The molecule has 8 nitrogen and oxygen atoms in total. The Hall–Kier alpha value is -2.53. The predicted molar refractivity (Wildman–Crippen MR) is 166 cm³/mol. The Morgan fingerprint density at radius 3 is 2.56 bits per heavy atom. The van der Waals surface area contributed by atoms with Crippen LogP contribution in [0.3, 0.4) is 0 Å². The summed E-state index contributed by atoms with van der Waals surface area (Å²) < 4.78 is 25.9. The lowest BCUT2D eigenvalue weighted by atomic mass is 9.99. The summed E-state index contributed by atoms with van der Waals surface area (Å²) in [6.45, 7) is 4.50. The number of halogens is 3. The molecule has 2 amide bonds. The van der Waals surface area contributed by atoms with E-state index in [9.17, 15) is 24.2 Å². The molecular weight excluding hydrogens is 598 g/mol. The first-order chi connectivity index (χ1) is 20.5. The van der Waals surface area contributed by atoms with Crippen molar-refractivity contribution in [2.45, 2.75) is 57.5 Å². The molecule has 2 aromatic carbocycles. The van der Waals surface area contributed by atoms with Crippen LogP contribution in [0.25, 0.3) is 6.08 Å². The van der Waals surface area contributed by atoms with Crippen LogP contribution in [-0.2, 0) is 14.3 Å². The Kier molecular flexibility index (Phi) is 13.9. The van der Waals surface area contributed by atoms with Crippen molar-refractivity contribution in [2.75, 3.05) is 40.0 Å². The zero-order valence-corrected chi connectivity index (χ0v) is 26.3. The number of hydrogen-bond acceptors (Lipinski definition) is 6. The van der Waals surface area contributed by atoms with Crippen LogP contribution in [0.1, 0.15) is 49.0 Å². The van der Waals surface area contributed by atoms with Gasteiger partial charge in [-0.2, -0.15) is 0 Å². The summed E-state index contributed by atoms with van der Waals surface area (Å²) in [6.07, 6.45) is 1.17. The van der Waals surface area contributed by atoms with Gasteiger partial charge in [0.05, 0.1) is 12.2 Å². The number of methoxy groups -OCH3 is 1. The predicted octanol–water partition coefficient (Wildman–Crippen LogP) is 5.08. The molecule has 3 rings (SSSR count). The fourth-order valence-electron chi connectivity index (χ4n) is 5.09. The molecule has 236 valence electrons. The highest BCUT2D eigenvalue weighted by Gasteiger charge is 2.34. The fraction of sp³-hybridized carbons (Fsp3) is 0.500. The van der Waals surface area contributed by atoms with Crippen LogP contribution < -0.4 is 0 Å². The van der Waals surface area contributed by atoms with Crippen LogP contribution in [0.15, 0.2) is 48.5 Å². The van der Waals surface area contributed by atoms with Gasteiger partial charge in [0.25, 0.3) is 5.91 Å². The Labute approximate surface area is 263 Å². The lowest BCUT2D eigenvalue weighted by molar-refractivity contribution is -0.130. The second-order valence-electron chi connectivity index (χ2n) is 11.1. The lowest BCUT2D eigenvalue weighted by Crippen LogP contribution is -2.53. The number of benzene rings is 2. The van der Waals surface area contributed by atoms with E-state index in [0.717, 1.165) is 0 Å². The highest BCUT2D eigenvalue weighted by Crippen LogP contribution is 2.24. The Balaban J connectivity index is 2.03. The van der Waals surface area contributed by atoms with Gasteiger partial charge in [0.1, 0.15) is 24.1 Å². The van der Waals surface area contributed by atoms with E-state index in [4.69, 9.17) is 32.7 Å². The third-order valence-corrected chi connectivity index (χ3v) is 7.92. The van der Waals surface area contributed by atoms with Crippen molar-refractivity contribution in [2.24, 2.45) is 5.92 Å². The first kappa shape index (κ1) is 35.0. The Morgan fingerprint density at radius 1 is 1.14 bits per heavy atom. The summed E-state index contributed by atoms with van der Waals surface area (Å²) in [5.41, 5.74) is 0.484. The van der Waals surface area contributed by atoms with Gasteiger partial charge in [0.2, 0.25) is 5.91 Å². The van der Waals surface area contributed by atoms with Crippen molar-refractivity contribution in [1.29, 1.82) is 0 Å². The largest absolute Gasteiger partial charge is 0.388 e. The van der Waals surface area contributed by atoms with Gasteiger partial charge >= 0.3 is 0 Å². The lowest BCUT2D eigenvalue weighted by Gasteiger charge is -2.38. The van der Waals surface area contributed by atoms with Crippen LogP contribution in [0, 0.1) is 11.7 Å². The average Bonchev–Trinajstić information content (AvgIpc) is 2.96.